The Labute approximate surface area is 180 Å². The number of benzene rings is 1. The fourth-order valence-corrected chi connectivity index (χ4v) is 3.83. The van der Waals surface area contributed by atoms with Crippen molar-refractivity contribution < 1.29 is 27.5 Å². The molecule has 2 heterocycles. The summed E-state index contributed by atoms with van der Waals surface area (Å²) in [6, 6.07) is 3.57. The fourth-order valence-electron chi connectivity index (χ4n) is 3.83. The maximum atomic E-state index is 13.6. The smallest absolute Gasteiger partial charge is 0.419 e. The number of aliphatic hydroxyl groups excluding tert-OH is 1. The molecule has 0 bridgehead atoms. The van der Waals surface area contributed by atoms with Crippen LogP contribution in [0.1, 0.15) is 69.4 Å². The van der Waals surface area contributed by atoms with Gasteiger partial charge in [0.1, 0.15) is 5.75 Å². The topological polar surface area (TPSA) is 71.6 Å². The Bertz CT molecular complexity index is 841. The number of rotatable bonds is 10. The maximum absolute atomic E-state index is 13.6. The number of halogens is 3. The number of aliphatic hydroxyl groups is 1. The van der Waals surface area contributed by atoms with Gasteiger partial charge in [0, 0.05) is 12.1 Å². The standard InChI is InChI=1S/C22H30F3N3O3/c1-3-4-5-6-7-8-11-30-19-10-9-15(12-17(19)22(23,24)25)20-26-21(31-27-20)18-13-16(29)14-28(18)2/h9-10,12,16,18,29H,3-8,11,13-14H2,1-2H3/t16-,18-/m0/s1. The number of alkyl halides is 3. The Morgan fingerprint density at radius 3 is 2.61 bits per heavy atom. The Morgan fingerprint density at radius 2 is 1.94 bits per heavy atom. The normalized spacial score (nSPS) is 19.8. The lowest BCUT2D eigenvalue weighted by molar-refractivity contribution is -0.138. The first-order valence-corrected chi connectivity index (χ1v) is 10.9. The Kier molecular flexibility index (Phi) is 7.94. The molecule has 31 heavy (non-hydrogen) atoms. The molecular formula is C22H30F3N3O3. The predicted molar refractivity (Wildman–Crippen MR) is 110 cm³/mol. The lowest BCUT2D eigenvalue weighted by Gasteiger charge is -2.15. The van der Waals surface area contributed by atoms with Crippen LogP contribution >= 0.6 is 0 Å². The van der Waals surface area contributed by atoms with Crippen molar-refractivity contribution in [1.29, 1.82) is 0 Å². The maximum Gasteiger partial charge on any atom is 0.419 e. The Morgan fingerprint density at radius 1 is 1.19 bits per heavy atom. The minimum Gasteiger partial charge on any atom is -0.493 e. The highest BCUT2D eigenvalue weighted by Crippen LogP contribution is 2.39. The quantitative estimate of drug-likeness (QED) is 0.509. The van der Waals surface area contributed by atoms with E-state index in [1.807, 2.05) is 11.9 Å². The minimum absolute atomic E-state index is 0.0813. The fraction of sp³-hybridized carbons (Fsp3) is 0.636. The van der Waals surface area contributed by atoms with E-state index in [-0.39, 0.29) is 35.7 Å². The van der Waals surface area contributed by atoms with Crippen molar-refractivity contribution in [3.05, 3.63) is 29.7 Å². The third-order valence-electron chi connectivity index (χ3n) is 5.55. The monoisotopic (exact) mass is 441 g/mol. The minimum atomic E-state index is -4.56. The Hall–Kier alpha value is -2.13. The average Bonchev–Trinajstić information content (AvgIpc) is 3.32. The molecule has 172 valence electrons. The van der Waals surface area contributed by atoms with E-state index in [2.05, 4.69) is 17.1 Å². The van der Waals surface area contributed by atoms with Gasteiger partial charge in [0.15, 0.2) is 0 Å². The van der Waals surface area contributed by atoms with Crippen LogP contribution in [-0.2, 0) is 6.18 Å². The third-order valence-corrected chi connectivity index (χ3v) is 5.55. The van der Waals surface area contributed by atoms with Gasteiger partial charge in [0.05, 0.1) is 24.3 Å². The molecule has 9 heteroatoms. The average molecular weight is 441 g/mol. The summed E-state index contributed by atoms with van der Waals surface area (Å²) in [6.45, 7) is 2.86. The number of unbranched alkanes of at least 4 members (excludes halogenated alkanes) is 5. The van der Waals surface area contributed by atoms with Gasteiger partial charge < -0.3 is 14.4 Å². The molecule has 1 aliphatic heterocycles. The molecule has 1 aromatic carbocycles. The van der Waals surface area contributed by atoms with E-state index >= 15 is 0 Å². The van der Waals surface area contributed by atoms with Crippen LogP contribution in [0.2, 0.25) is 0 Å². The van der Waals surface area contributed by atoms with Crippen LogP contribution in [0.15, 0.2) is 22.7 Å². The zero-order valence-corrected chi connectivity index (χ0v) is 18.0. The number of hydrogen-bond donors (Lipinski definition) is 1. The van der Waals surface area contributed by atoms with Crippen LogP contribution in [-0.4, -0.2) is 46.5 Å². The largest absolute Gasteiger partial charge is 0.493 e. The molecule has 1 fully saturated rings. The van der Waals surface area contributed by atoms with Gasteiger partial charge in [-0.25, -0.2) is 0 Å². The molecule has 2 aromatic rings. The highest BCUT2D eigenvalue weighted by molar-refractivity contribution is 5.59. The van der Waals surface area contributed by atoms with Crippen molar-refractivity contribution >= 4 is 0 Å². The van der Waals surface area contributed by atoms with Gasteiger partial charge in [-0.15, -0.1) is 0 Å². The molecule has 1 saturated heterocycles. The highest BCUT2D eigenvalue weighted by atomic mass is 19.4. The van der Waals surface area contributed by atoms with Crippen LogP contribution < -0.4 is 4.74 Å². The van der Waals surface area contributed by atoms with Crippen molar-refractivity contribution in [2.45, 2.75) is 70.2 Å². The van der Waals surface area contributed by atoms with E-state index in [9.17, 15) is 18.3 Å². The summed E-state index contributed by atoms with van der Waals surface area (Å²) >= 11 is 0. The van der Waals surface area contributed by atoms with E-state index in [1.165, 1.54) is 18.6 Å². The van der Waals surface area contributed by atoms with Crippen molar-refractivity contribution in [3.8, 4) is 17.1 Å². The van der Waals surface area contributed by atoms with E-state index in [0.717, 1.165) is 38.2 Å². The van der Waals surface area contributed by atoms with Gasteiger partial charge in [-0.2, -0.15) is 18.2 Å². The van der Waals surface area contributed by atoms with Gasteiger partial charge in [-0.05, 0) is 38.1 Å². The van der Waals surface area contributed by atoms with E-state index < -0.39 is 17.8 Å². The number of hydrogen-bond acceptors (Lipinski definition) is 6. The number of likely N-dealkylation sites (tertiary alicyclic amines) is 1. The molecule has 6 nitrogen and oxygen atoms in total. The van der Waals surface area contributed by atoms with Crippen LogP contribution in [0.5, 0.6) is 5.75 Å². The SMILES string of the molecule is CCCCCCCCOc1ccc(-c2noc([C@@H]3C[C@H](O)CN3C)n2)cc1C(F)(F)F. The first-order chi connectivity index (χ1) is 14.8. The zero-order chi connectivity index (χ0) is 22.4. The summed E-state index contributed by atoms with van der Waals surface area (Å²) in [5, 5.41) is 13.6. The molecule has 1 N–H and O–H groups in total. The van der Waals surface area contributed by atoms with Crippen LogP contribution in [0.4, 0.5) is 13.2 Å². The number of nitrogens with zero attached hydrogens (tertiary/aromatic N) is 3. The van der Waals surface area contributed by atoms with E-state index in [1.54, 1.807) is 0 Å². The number of β-amino-alcohol motifs (C(OH)–C–C–N with tert-alkyl or cyclic N) is 1. The summed E-state index contributed by atoms with van der Waals surface area (Å²) in [7, 11) is 1.82. The third kappa shape index (κ3) is 6.20. The van der Waals surface area contributed by atoms with Gasteiger partial charge in [0.25, 0.3) is 0 Å². The number of ether oxygens (including phenoxy) is 1. The van der Waals surface area contributed by atoms with Crippen LogP contribution in [0.25, 0.3) is 11.4 Å². The molecule has 3 rings (SSSR count). The lowest BCUT2D eigenvalue weighted by Crippen LogP contribution is -2.19. The molecule has 2 atom stereocenters. The molecule has 0 spiro atoms. The molecular weight excluding hydrogens is 411 g/mol. The van der Waals surface area contributed by atoms with E-state index in [0.29, 0.717) is 13.0 Å². The van der Waals surface area contributed by atoms with Gasteiger partial charge in [0.2, 0.25) is 11.7 Å². The second kappa shape index (κ2) is 10.5. The molecule has 0 aliphatic carbocycles. The first-order valence-electron chi connectivity index (χ1n) is 10.9. The summed E-state index contributed by atoms with van der Waals surface area (Å²) < 4.78 is 51.6. The molecule has 0 unspecified atom stereocenters. The number of aromatic nitrogens is 2. The molecule has 1 aliphatic rings. The van der Waals surface area contributed by atoms with Crippen molar-refractivity contribution in [2.75, 3.05) is 20.2 Å². The summed E-state index contributed by atoms with van der Waals surface area (Å²) in [4.78, 5) is 6.15. The molecule has 0 amide bonds. The zero-order valence-electron chi connectivity index (χ0n) is 18.0. The van der Waals surface area contributed by atoms with Gasteiger partial charge >= 0.3 is 6.18 Å². The van der Waals surface area contributed by atoms with Crippen LogP contribution in [0.3, 0.4) is 0 Å². The number of likely N-dealkylation sites (N-methyl/N-ethyl adjacent to an activating group) is 1. The van der Waals surface area contributed by atoms with E-state index in [4.69, 9.17) is 9.26 Å². The highest BCUT2D eigenvalue weighted by Gasteiger charge is 2.36. The Balaban J connectivity index is 1.69. The lowest BCUT2D eigenvalue weighted by atomic mass is 10.1. The molecule has 0 radical (unpaired) electrons. The van der Waals surface area contributed by atoms with Crippen molar-refractivity contribution in [2.24, 2.45) is 0 Å². The van der Waals surface area contributed by atoms with Crippen LogP contribution in [0, 0.1) is 0 Å². The summed E-state index contributed by atoms with van der Waals surface area (Å²) in [5.41, 5.74) is -0.647. The predicted octanol–water partition coefficient (Wildman–Crippen LogP) is 5.23. The summed E-state index contributed by atoms with van der Waals surface area (Å²) in [6.07, 6.45) is 1.58. The molecule has 1 aromatic heterocycles. The van der Waals surface area contributed by atoms with Crippen molar-refractivity contribution in [1.82, 2.24) is 15.0 Å². The van der Waals surface area contributed by atoms with Gasteiger partial charge in [-0.3, -0.25) is 4.90 Å². The van der Waals surface area contributed by atoms with Gasteiger partial charge in [-0.1, -0.05) is 44.2 Å². The second-order valence-electron chi connectivity index (χ2n) is 8.13. The summed E-state index contributed by atoms with van der Waals surface area (Å²) in [5.74, 6) is 0.177. The molecule has 0 saturated carbocycles. The second-order valence-corrected chi connectivity index (χ2v) is 8.13. The first kappa shape index (κ1) is 23.5. The van der Waals surface area contributed by atoms with Crippen molar-refractivity contribution in [3.63, 3.8) is 0 Å².